The summed E-state index contributed by atoms with van der Waals surface area (Å²) in [7, 11) is -7.98. The van der Waals surface area contributed by atoms with Crippen molar-refractivity contribution < 1.29 is 45.0 Å². The number of anilines is 1. The minimum atomic E-state index is -4.06. The van der Waals surface area contributed by atoms with Crippen LogP contribution in [0.25, 0.3) is 11.2 Å². The van der Waals surface area contributed by atoms with E-state index in [1.807, 2.05) is 6.07 Å². The van der Waals surface area contributed by atoms with Crippen LogP contribution in [0.3, 0.4) is 0 Å². The van der Waals surface area contributed by atoms with Crippen molar-refractivity contribution in [1.29, 1.82) is 5.26 Å². The first kappa shape index (κ1) is 31.5. The van der Waals surface area contributed by atoms with Crippen molar-refractivity contribution in [2.24, 2.45) is 0 Å². The summed E-state index contributed by atoms with van der Waals surface area (Å²) in [6.07, 6.45) is -3.17. The average Bonchev–Trinajstić information content (AvgIpc) is 3.48. The fourth-order valence-corrected chi connectivity index (χ4v) is 10.3. The molecule has 1 aliphatic carbocycles. The third-order valence-corrected chi connectivity index (χ3v) is 12.3. The molecular formula is C24H31ClF2N5O8PS. The maximum absolute atomic E-state index is 13.5. The molecule has 0 bridgehead atoms. The van der Waals surface area contributed by atoms with Crippen molar-refractivity contribution in [3.63, 3.8) is 0 Å². The molecule has 2 aromatic heterocycles. The molecule has 1 N–H and O–H groups in total. The summed E-state index contributed by atoms with van der Waals surface area (Å²) in [5, 5.41) is 12.5. The van der Waals surface area contributed by atoms with Crippen LogP contribution >= 0.6 is 19.2 Å². The van der Waals surface area contributed by atoms with Crippen LogP contribution in [0.4, 0.5) is 14.5 Å². The number of rotatable bonds is 11. The van der Waals surface area contributed by atoms with Crippen LogP contribution in [0.1, 0.15) is 52.3 Å². The second-order valence-electron chi connectivity index (χ2n) is 10.8. The van der Waals surface area contributed by atoms with Gasteiger partial charge in [-0.2, -0.15) is 5.26 Å². The zero-order valence-corrected chi connectivity index (χ0v) is 25.7. The number of pyridine rings is 1. The lowest BCUT2D eigenvalue weighted by Gasteiger charge is -2.36. The predicted molar refractivity (Wildman–Crippen MR) is 146 cm³/mol. The smallest absolute Gasteiger partial charge is 0.345 e. The van der Waals surface area contributed by atoms with Gasteiger partial charge in [0.15, 0.2) is 38.1 Å². The van der Waals surface area contributed by atoms with Gasteiger partial charge in [-0.05, 0) is 27.7 Å². The predicted octanol–water partition coefficient (Wildman–Crippen LogP) is 4.22. The zero-order valence-electron chi connectivity index (χ0n) is 23.3. The number of imidazole rings is 1. The van der Waals surface area contributed by atoms with Crippen LogP contribution in [0.15, 0.2) is 6.33 Å². The monoisotopic (exact) mass is 653 g/mol. The van der Waals surface area contributed by atoms with E-state index in [0.717, 1.165) is 0 Å². The van der Waals surface area contributed by atoms with Crippen molar-refractivity contribution >= 4 is 45.9 Å². The lowest BCUT2D eigenvalue weighted by atomic mass is 9.88. The van der Waals surface area contributed by atoms with Crippen molar-refractivity contribution in [2.45, 2.75) is 82.8 Å². The largest absolute Gasteiger partial charge is 0.379 e. The minimum absolute atomic E-state index is 0.00143. The Hall–Kier alpha value is -1.96. The number of alkyl halides is 2. The molecule has 42 heavy (non-hydrogen) atoms. The van der Waals surface area contributed by atoms with E-state index in [9.17, 15) is 27.0 Å². The van der Waals surface area contributed by atoms with Crippen LogP contribution in [0.2, 0.25) is 5.15 Å². The second kappa shape index (κ2) is 11.2. The molecule has 2 saturated heterocycles. The molecule has 3 aliphatic rings. The zero-order chi connectivity index (χ0) is 30.7. The molecule has 5 rings (SSSR count). The maximum atomic E-state index is 13.5. The highest BCUT2D eigenvalue weighted by molar-refractivity contribution is 7.97. The SMILES string of the molecule is CCOP(=O)(CS(=O)(=O)C[C@H]1O[C@@H](n2cnc3c(NC4CC(F)(F)C4)c(C#N)c(Cl)nc32)[C@@H]2OC(C)(C)O[C@@H]21)OCC. The third-order valence-electron chi connectivity index (χ3n) is 7.04. The van der Waals surface area contributed by atoms with Gasteiger partial charge in [0, 0.05) is 18.9 Å². The molecule has 4 atom stereocenters. The molecule has 13 nitrogen and oxygen atoms in total. The van der Waals surface area contributed by atoms with E-state index in [1.54, 1.807) is 27.7 Å². The summed E-state index contributed by atoms with van der Waals surface area (Å²) in [5.41, 5.74) is -0.383. The Morgan fingerprint density at radius 3 is 2.48 bits per heavy atom. The van der Waals surface area contributed by atoms with Gasteiger partial charge in [-0.3, -0.25) is 9.13 Å². The number of nitriles is 1. The number of halogens is 3. The van der Waals surface area contributed by atoms with E-state index in [0.29, 0.717) is 0 Å². The Bertz CT molecular complexity index is 1550. The van der Waals surface area contributed by atoms with Crippen molar-refractivity contribution in [2.75, 3.05) is 29.8 Å². The summed E-state index contributed by atoms with van der Waals surface area (Å²) in [4.78, 5) is 8.70. The number of fused-ring (bicyclic) bond motifs is 2. The van der Waals surface area contributed by atoms with Crippen molar-refractivity contribution in [1.82, 2.24) is 14.5 Å². The third kappa shape index (κ3) is 6.16. The molecule has 0 spiro atoms. The second-order valence-corrected chi connectivity index (χ2v) is 15.8. The van der Waals surface area contributed by atoms with Crippen LogP contribution < -0.4 is 5.32 Å². The number of ether oxygens (including phenoxy) is 3. The van der Waals surface area contributed by atoms with E-state index < -0.39 is 83.8 Å². The topological polar surface area (TPSA) is 164 Å². The molecule has 0 radical (unpaired) electrons. The lowest BCUT2D eigenvalue weighted by molar-refractivity contribution is -0.193. The Balaban J connectivity index is 1.47. The quantitative estimate of drug-likeness (QED) is 0.272. The molecular weight excluding hydrogens is 623 g/mol. The van der Waals surface area contributed by atoms with Crippen molar-refractivity contribution in [3.05, 3.63) is 17.0 Å². The summed E-state index contributed by atoms with van der Waals surface area (Å²) >= 11 is 6.34. The number of sulfone groups is 1. The summed E-state index contributed by atoms with van der Waals surface area (Å²) < 4.78 is 96.5. The van der Waals surface area contributed by atoms with Gasteiger partial charge >= 0.3 is 7.60 Å². The molecule has 0 aromatic carbocycles. The van der Waals surface area contributed by atoms with Crippen LogP contribution in [-0.2, 0) is 37.7 Å². The van der Waals surface area contributed by atoms with Crippen LogP contribution in [0, 0.1) is 11.3 Å². The number of nitrogens with zero attached hydrogens (tertiary/aromatic N) is 4. The molecule has 1 saturated carbocycles. The van der Waals surface area contributed by atoms with Gasteiger partial charge in [0.25, 0.3) is 5.92 Å². The van der Waals surface area contributed by atoms with Gasteiger partial charge in [0.05, 0.1) is 31.0 Å². The van der Waals surface area contributed by atoms with E-state index in [1.165, 1.54) is 10.9 Å². The molecule has 18 heteroatoms. The number of nitrogens with one attached hydrogen (secondary N) is 1. The Labute approximate surface area is 246 Å². The molecule has 2 aliphatic heterocycles. The lowest BCUT2D eigenvalue weighted by Crippen LogP contribution is -2.44. The van der Waals surface area contributed by atoms with E-state index in [2.05, 4.69) is 15.3 Å². The van der Waals surface area contributed by atoms with E-state index >= 15 is 0 Å². The van der Waals surface area contributed by atoms with Gasteiger partial charge in [-0.1, -0.05) is 11.6 Å². The van der Waals surface area contributed by atoms with Gasteiger partial charge in [0.1, 0.15) is 35.5 Å². The fraction of sp³-hybridized carbons (Fsp3) is 0.708. The highest BCUT2D eigenvalue weighted by atomic mass is 35.5. The number of aromatic nitrogens is 3. The van der Waals surface area contributed by atoms with Gasteiger partial charge < -0.3 is 28.6 Å². The van der Waals surface area contributed by atoms with Gasteiger partial charge in [0.2, 0.25) is 0 Å². The first-order valence-corrected chi connectivity index (χ1v) is 17.2. The average molecular weight is 654 g/mol. The Kier molecular flexibility index (Phi) is 8.39. The van der Waals surface area contributed by atoms with Gasteiger partial charge in [-0.15, -0.1) is 0 Å². The number of hydrogen-bond donors (Lipinski definition) is 1. The van der Waals surface area contributed by atoms with E-state index in [-0.39, 0.29) is 40.8 Å². The number of hydrogen-bond acceptors (Lipinski definition) is 12. The minimum Gasteiger partial charge on any atom is -0.379 e. The van der Waals surface area contributed by atoms with Gasteiger partial charge in [-0.25, -0.2) is 27.2 Å². The highest BCUT2D eigenvalue weighted by Crippen LogP contribution is 2.50. The summed E-state index contributed by atoms with van der Waals surface area (Å²) in [6.45, 7) is 6.50. The Morgan fingerprint density at radius 2 is 1.88 bits per heavy atom. The summed E-state index contributed by atoms with van der Waals surface area (Å²) in [5.74, 6) is -4.47. The fourth-order valence-electron chi connectivity index (χ4n) is 5.47. The first-order chi connectivity index (χ1) is 19.6. The van der Waals surface area contributed by atoms with E-state index in [4.69, 9.17) is 34.9 Å². The van der Waals surface area contributed by atoms with Crippen molar-refractivity contribution in [3.8, 4) is 6.07 Å². The molecule has 0 amide bonds. The highest BCUT2D eigenvalue weighted by Gasteiger charge is 2.57. The molecule has 4 heterocycles. The Morgan fingerprint density at radius 1 is 1.24 bits per heavy atom. The molecule has 2 aromatic rings. The standard InChI is InChI=1S/C24H31ClF2N5O8PS/c1-5-36-41(33,37-6-2)12-42(34,35)10-15-18-19(40-23(3,4)39-18)22(38-15)32-11-29-17-16(30-13-7-24(26,27)8-13)14(9-28)20(25)31-21(17)32/h11,13,15,18-19,22H,5-8,10,12H2,1-4H3,(H,30,31)/t15-,18-,19-,22-/m1/s1. The van der Waals surface area contributed by atoms with Crippen LogP contribution in [-0.4, -0.2) is 83.5 Å². The maximum Gasteiger partial charge on any atom is 0.345 e. The molecule has 0 unspecified atom stereocenters. The molecule has 232 valence electrons. The van der Waals surface area contributed by atoms with Crippen LogP contribution in [0.5, 0.6) is 0 Å². The summed E-state index contributed by atoms with van der Waals surface area (Å²) in [6, 6.07) is 1.35. The molecule has 3 fully saturated rings. The first-order valence-electron chi connectivity index (χ1n) is 13.3. The normalized spacial score (nSPS) is 27.1.